The number of ether oxygens (including phenoxy) is 4. The van der Waals surface area contributed by atoms with Crippen molar-refractivity contribution >= 4 is 34.6 Å². The van der Waals surface area contributed by atoms with Gasteiger partial charge < -0.3 is 31.5 Å². The molecule has 10 rings (SSSR count). The maximum absolute atomic E-state index is 15.6. The molecule has 4 heterocycles. The first-order valence-corrected chi connectivity index (χ1v) is 27.3. The van der Waals surface area contributed by atoms with Crippen molar-refractivity contribution < 1.29 is 71.6 Å². The van der Waals surface area contributed by atoms with Crippen LogP contribution in [0.4, 0.5) is 17.6 Å². The molecule has 0 saturated carbocycles. The molecule has 6 aromatic carbocycles. The SMILES string of the molecule is C[C@@H](c1nc(-c2ccc(C#N)cc2)cs1)C(Cn1cncn1)(OCOC(=O)c1cccc(O)c1)c1ccc(F)cc1F.Cc1cccc(C(=O)OCOC(Cn2cncn2)(c2ccc(F)cc2F)[C@@H](C)c2nc(-c3ccc(C#N)cc3)cs2)c1.[CH3-].[Pd]. The number of carbonyl (C=O) groups is 2. The average Bonchev–Trinajstić information content (AvgIpc) is 1.35. The second-order valence-corrected chi connectivity index (χ2v) is 20.8. The third-order valence-electron chi connectivity index (χ3n) is 13.7. The largest absolute Gasteiger partial charge is 0.508 e. The van der Waals surface area contributed by atoms with E-state index in [4.69, 9.17) is 39.4 Å². The summed E-state index contributed by atoms with van der Waals surface area (Å²) in [6.07, 6.45) is 5.52. The number of nitrogens with zero attached hydrogens (tertiary/aromatic N) is 10. The summed E-state index contributed by atoms with van der Waals surface area (Å²) in [6, 6.07) is 37.0. The standard InChI is InChI=1S/C31H25F2N5O3S.C30H23F2N5O4S.CH3.Pd/c1-20-4-3-5-24(12-20)30(39)40-19-41-31(16-38-18-35-17-36-38,26-11-10-25(32)13-27(26)33)21(2)29-37-28(15-42-29)23-8-6-22(14-34)7-9-23;1-19(28-36-27(14-42-28)21-7-5-20(13-33)6-8-21)30(15-37-17-34-16-35-37,25-10-9-23(31)12-26(25)32)41-18-40-29(39)22-3-2-4-24(38)11-22;;/h3-13,15,17-18,21H,16,19H2,1-2H3;2-12,14,16-17,19,38H,15,18H2,1H3;1H3;/q;;-1;/t21-,31?;19-,30?;;/m00../s1. The van der Waals surface area contributed by atoms with Crippen molar-refractivity contribution in [1.82, 2.24) is 39.5 Å². The van der Waals surface area contributed by atoms with Crippen LogP contribution in [-0.4, -0.2) is 70.1 Å². The Labute approximate surface area is 513 Å². The number of aromatic hydroxyl groups is 1. The van der Waals surface area contributed by atoms with Crippen LogP contribution in [0.1, 0.15) is 84.2 Å². The molecule has 0 aliphatic rings. The number of benzene rings is 6. The Morgan fingerprint density at radius 3 is 1.43 bits per heavy atom. The van der Waals surface area contributed by atoms with E-state index < -0.39 is 71.8 Å². The molecule has 0 saturated heterocycles. The van der Waals surface area contributed by atoms with E-state index in [0.29, 0.717) is 38.1 Å². The van der Waals surface area contributed by atoms with Gasteiger partial charge in [0.1, 0.15) is 65.5 Å². The smallest absolute Gasteiger partial charge is 0.340 e. The first kappa shape index (κ1) is 64.4. The van der Waals surface area contributed by atoms with Gasteiger partial charge in [-0.3, -0.25) is 0 Å². The van der Waals surface area contributed by atoms with Crippen molar-refractivity contribution in [3.8, 4) is 40.4 Å². The molecule has 0 radical (unpaired) electrons. The third kappa shape index (κ3) is 15.0. The summed E-state index contributed by atoms with van der Waals surface area (Å²) >= 11 is 2.65. The molecule has 86 heavy (non-hydrogen) atoms. The van der Waals surface area contributed by atoms with Gasteiger partial charge in [0.05, 0.1) is 68.9 Å². The summed E-state index contributed by atoms with van der Waals surface area (Å²) in [5.41, 5.74) is 2.08. The van der Waals surface area contributed by atoms with Crippen LogP contribution in [-0.2, 0) is 63.7 Å². The van der Waals surface area contributed by atoms with Gasteiger partial charge in [-0.05, 0) is 73.7 Å². The zero-order chi connectivity index (χ0) is 59.4. The number of phenols is 1. The van der Waals surface area contributed by atoms with E-state index in [1.54, 1.807) is 73.7 Å². The molecule has 4 aromatic heterocycles. The molecule has 442 valence electrons. The summed E-state index contributed by atoms with van der Waals surface area (Å²) in [7, 11) is 0. The predicted molar refractivity (Wildman–Crippen MR) is 306 cm³/mol. The van der Waals surface area contributed by atoms with Crippen LogP contribution in [0.3, 0.4) is 0 Å². The summed E-state index contributed by atoms with van der Waals surface area (Å²) in [6.45, 7) is 4.16. The molecule has 0 amide bonds. The van der Waals surface area contributed by atoms with Crippen molar-refractivity contribution in [1.29, 1.82) is 10.5 Å². The average molecular weight is 1290 g/mol. The van der Waals surface area contributed by atoms with Crippen LogP contribution in [0.25, 0.3) is 22.5 Å². The summed E-state index contributed by atoms with van der Waals surface area (Å²) in [4.78, 5) is 43.1. The van der Waals surface area contributed by atoms with Crippen LogP contribution in [0, 0.1) is 60.3 Å². The van der Waals surface area contributed by atoms with E-state index in [1.807, 2.05) is 30.7 Å². The second-order valence-electron chi connectivity index (χ2n) is 19.0. The number of phenolic OH excluding ortho intramolecular Hbond substituents is 1. The minimum Gasteiger partial charge on any atom is -0.508 e. The number of hydrogen-bond donors (Lipinski definition) is 1. The number of rotatable bonds is 20. The maximum Gasteiger partial charge on any atom is 0.340 e. The van der Waals surface area contributed by atoms with Crippen molar-refractivity contribution in [2.24, 2.45) is 0 Å². The van der Waals surface area contributed by atoms with Gasteiger partial charge in [0.25, 0.3) is 0 Å². The molecular weight excluding hydrogens is 1240 g/mol. The number of aryl methyl sites for hydroxylation is 1. The number of carbonyl (C=O) groups excluding carboxylic acids is 2. The molecular formula is C62H51F4N10O7PdS2-. The van der Waals surface area contributed by atoms with E-state index in [1.165, 1.54) is 93.7 Å². The molecule has 24 heteroatoms. The molecule has 0 fully saturated rings. The Morgan fingerprint density at radius 1 is 0.616 bits per heavy atom. The first-order valence-electron chi connectivity index (χ1n) is 25.5. The number of esters is 2. The fourth-order valence-electron chi connectivity index (χ4n) is 9.20. The van der Waals surface area contributed by atoms with Gasteiger partial charge >= 0.3 is 11.9 Å². The Balaban J connectivity index is 0.000000240. The minimum absolute atomic E-state index is 0. The van der Waals surface area contributed by atoms with Crippen LogP contribution >= 0.6 is 22.7 Å². The number of hydrogen-bond acceptors (Lipinski definition) is 17. The van der Waals surface area contributed by atoms with Crippen molar-refractivity contribution in [2.75, 3.05) is 13.6 Å². The molecule has 2 unspecified atom stereocenters. The van der Waals surface area contributed by atoms with E-state index in [0.717, 1.165) is 41.0 Å². The third-order valence-corrected chi connectivity index (χ3v) is 15.7. The van der Waals surface area contributed by atoms with Gasteiger partial charge in [-0.15, -0.1) is 22.7 Å². The first-order chi connectivity index (χ1) is 40.6. The molecule has 0 spiro atoms. The molecule has 0 aliphatic carbocycles. The van der Waals surface area contributed by atoms with Crippen molar-refractivity contribution in [2.45, 2.75) is 56.9 Å². The Morgan fingerprint density at radius 2 is 1.05 bits per heavy atom. The number of thiazole rings is 2. The van der Waals surface area contributed by atoms with Crippen LogP contribution < -0.4 is 0 Å². The number of halogens is 4. The normalized spacial score (nSPS) is 12.9. The van der Waals surface area contributed by atoms with Gasteiger partial charge in [0.2, 0.25) is 0 Å². The predicted octanol–water partition coefficient (Wildman–Crippen LogP) is 12.6. The molecule has 0 aliphatic heterocycles. The topological polar surface area (TPSA) is 226 Å². The van der Waals surface area contributed by atoms with Crippen LogP contribution in [0.2, 0.25) is 0 Å². The van der Waals surface area contributed by atoms with E-state index >= 15 is 8.78 Å². The van der Waals surface area contributed by atoms with Gasteiger partial charge in [-0.2, -0.15) is 20.7 Å². The fraction of sp³-hybridized carbons (Fsp3) is 0.177. The van der Waals surface area contributed by atoms with E-state index in [2.05, 4.69) is 32.3 Å². The van der Waals surface area contributed by atoms with Crippen molar-refractivity contribution in [3.63, 3.8) is 0 Å². The maximum atomic E-state index is 15.6. The minimum atomic E-state index is -1.61. The molecule has 0 bridgehead atoms. The van der Waals surface area contributed by atoms with Crippen molar-refractivity contribution in [3.05, 3.63) is 249 Å². The summed E-state index contributed by atoms with van der Waals surface area (Å²) < 4.78 is 85.5. The fourth-order valence-corrected chi connectivity index (χ4v) is 11.1. The number of nitriles is 2. The monoisotopic (exact) mass is 1290 g/mol. The van der Waals surface area contributed by atoms with E-state index in [9.17, 15) is 23.5 Å². The van der Waals surface area contributed by atoms with Gasteiger partial charge in [0.15, 0.2) is 13.6 Å². The van der Waals surface area contributed by atoms with Gasteiger partial charge in [0, 0.05) is 77.4 Å². The molecule has 17 nitrogen and oxygen atoms in total. The zero-order valence-corrected chi connectivity index (χ0v) is 49.3. The van der Waals surface area contributed by atoms with E-state index in [-0.39, 0.29) is 63.4 Å². The van der Waals surface area contributed by atoms with Gasteiger partial charge in [-0.25, -0.2) is 56.5 Å². The zero-order valence-electron chi connectivity index (χ0n) is 46.2. The molecule has 1 N–H and O–H groups in total. The summed E-state index contributed by atoms with van der Waals surface area (Å²) in [5.74, 6) is -6.05. The Kier molecular flexibility index (Phi) is 21.8. The quantitative estimate of drug-likeness (QED) is 0.0246. The van der Waals surface area contributed by atoms with Gasteiger partial charge in [-0.1, -0.05) is 74.0 Å². The molecule has 4 atom stereocenters. The Bertz CT molecular complexity index is 3740. The summed E-state index contributed by atoms with van der Waals surface area (Å²) in [5, 5.41) is 41.2. The Hall–Kier alpha value is -9.12. The molecule has 10 aromatic rings. The number of aromatic nitrogens is 8. The van der Waals surface area contributed by atoms with Crippen LogP contribution in [0.15, 0.2) is 170 Å². The second kappa shape index (κ2) is 29.1. The van der Waals surface area contributed by atoms with Crippen LogP contribution in [0.5, 0.6) is 5.75 Å².